The van der Waals surface area contributed by atoms with Gasteiger partial charge in [-0.15, -0.1) is 0 Å². The van der Waals surface area contributed by atoms with E-state index < -0.39 is 11.4 Å². The van der Waals surface area contributed by atoms with Crippen molar-refractivity contribution in [3.8, 4) is 5.75 Å². The summed E-state index contributed by atoms with van der Waals surface area (Å²) in [5, 5.41) is 11.6. The number of halogens is 1. The molecule has 0 spiro atoms. The molecule has 186 valence electrons. The third-order valence-electron chi connectivity index (χ3n) is 7.34. The molecule has 1 aliphatic heterocycles. The van der Waals surface area contributed by atoms with Crippen molar-refractivity contribution in [2.24, 2.45) is 0 Å². The molecule has 3 aromatic rings. The van der Waals surface area contributed by atoms with Gasteiger partial charge in [0.05, 0.1) is 29.9 Å². The predicted molar refractivity (Wildman–Crippen MR) is 136 cm³/mol. The summed E-state index contributed by atoms with van der Waals surface area (Å²) in [6.45, 7) is 10.2. The minimum Gasteiger partial charge on any atom is -0.494 e. The third kappa shape index (κ3) is 4.40. The van der Waals surface area contributed by atoms with Crippen LogP contribution >= 0.6 is 0 Å². The number of rotatable bonds is 7. The number of amides is 1. The topological polar surface area (TPSA) is 68.2 Å². The zero-order chi connectivity index (χ0) is 25.4. The van der Waals surface area contributed by atoms with Crippen molar-refractivity contribution >= 4 is 11.7 Å². The fourth-order valence-corrected chi connectivity index (χ4v) is 5.20. The van der Waals surface area contributed by atoms with Gasteiger partial charge in [-0.05, 0) is 63.3 Å². The molecule has 0 aliphatic carbocycles. The molecular weight excluding hydrogens is 443 g/mol. The number of hydrogen-bond acceptors (Lipinski definition) is 4. The van der Waals surface area contributed by atoms with Gasteiger partial charge in [0.15, 0.2) is 11.6 Å². The first-order chi connectivity index (χ1) is 16.7. The van der Waals surface area contributed by atoms with Gasteiger partial charge in [-0.2, -0.15) is 5.10 Å². The highest BCUT2D eigenvalue weighted by Crippen LogP contribution is 2.41. The molecule has 0 fully saturated rings. The number of carbonyl (C=O) groups excluding carboxylic acids is 1. The van der Waals surface area contributed by atoms with Gasteiger partial charge < -0.3 is 15.4 Å². The fourth-order valence-electron chi connectivity index (χ4n) is 5.20. The van der Waals surface area contributed by atoms with Crippen LogP contribution in [0.15, 0.2) is 48.5 Å². The highest BCUT2D eigenvalue weighted by Gasteiger charge is 2.39. The largest absolute Gasteiger partial charge is 0.494 e. The van der Waals surface area contributed by atoms with Gasteiger partial charge in [0.25, 0.3) is 5.91 Å². The molecule has 35 heavy (non-hydrogen) atoms. The van der Waals surface area contributed by atoms with Crippen LogP contribution in [0.5, 0.6) is 5.75 Å². The van der Waals surface area contributed by atoms with Gasteiger partial charge in [0.2, 0.25) is 0 Å². The van der Waals surface area contributed by atoms with Crippen LogP contribution in [-0.2, 0) is 11.1 Å². The summed E-state index contributed by atoms with van der Waals surface area (Å²) in [4.78, 5) is 13.9. The normalized spacial score (nSPS) is 16.8. The molecule has 1 aliphatic rings. The molecular formula is C28H35FN4O2. The van der Waals surface area contributed by atoms with E-state index in [1.54, 1.807) is 12.1 Å². The predicted octanol–water partition coefficient (Wildman–Crippen LogP) is 6.08. The third-order valence-corrected chi connectivity index (χ3v) is 7.34. The van der Waals surface area contributed by atoms with Crippen LogP contribution in [0.25, 0.3) is 0 Å². The van der Waals surface area contributed by atoms with Crippen molar-refractivity contribution in [2.45, 2.75) is 71.0 Å². The molecule has 2 N–H and O–H groups in total. The lowest BCUT2D eigenvalue weighted by Gasteiger charge is -2.38. The Morgan fingerprint density at radius 3 is 2.54 bits per heavy atom. The number of anilines is 1. The van der Waals surface area contributed by atoms with Gasteiger partial charge >= 0.3 is 0 Å². The SMILES string of the molecule is CCC(CC)(NC(=O)c1c(C)nn2c1N[C@@H](c1ccccc1)CC2(C)C)c1ccc(F)c(OC)c1. The summed E-state index contributed by atoms with van der Waals surface area (Å²) in [6, 6.07) is 15.1. The van der Waals surface area contributed by atoms with E-state index in [0.717, 1.165) is 17.8 Å². The molecule has 6 nitrogen and oxygen atoms in total. The summed E-state index contributed by atoms with van der Waals surface area (Å²) in [6.07, 6.45) is 2.12. The second-order valence-electron chi connectivity index (χ2n) is 9.94. The molecule has 0 bridgehead atoms. The average Bonchev–Trinajstić information content (AvgIpc) is 3.20. The van der Waals surface area contributed by atoms with E-state index in [9.17, 15) is 9.18 Å². The average molecular weight is 479 g/mol. The molecule has 0 radical (unpaired) electrons. The lowest BCUT2D eigenvalue weighted by molar-refractivity contribution is 0.0889. The zero-order valence-corrected chi connectivity index (χ0v) is 21.4. The molecule has 7 heteroatoms. The highest BCUT2D eigenvalue weighted by molar-refractivity contribution is 6.00. The Labute approximate surface area is 206 Å². The zero-order valence-electron chi connectivity index (χ0n) is 21.4. The van der Waals surface area contributed by atoms with Crippen LogP contribution in [0.2, 0.25) is 0 Å². The van der Waals surface area contributed by atoms with Crippen LogP contribution in [0.3, 0.4) is 0 Å². The molecule has 2 aromatic carbocycles. The molecule has 1 atom stereocenters. The van der Waals surface area contributed by atoms with Crippen molar-refractivity contribution in [2.75, 3.05) is 12.4 Å². The van der Waals surface area contributed by atoms with Crippen molar-refractivity contribution in [1.82, 2.24) is 15.1 Å². The van der Waals surface area contributed by atoms with E-state index in [4.69, 9.17) is 9.84 Å². The van der Waals surface area contributed by atoms with Crippen LogP contribution in [0.4, 0.5) is 10.2 Å². The van der Waals surface area contributed by atoms with Crippen molar-refractivity contribution in [3.63, 3.8) is 0 Å². The molecule has 2 heterocycles. The minimum atomic E-state index is -0.678. The standard InChI is InChI=1S/C28H35FN4O2/c1-7-28(8-2,20-14-15-21(29)23(16-20)35-6)31-26(34)24-18(3)32-33-25(24)30-22(17-27(33,4)5)19-12-10-9-11-13-19/h9-16,22,30H,7-8,17H2,1-6H3,(H,31,34)/t22-/m1/s1. The maximum Gasteiger partial charge on any atom is 0.257 e. The Morgan fingerprint density at radius 1 is 1.23 bits per heavy atom. The first kappa shape index (κ1) is 24.8. The number of benzene rings is 2. The number of hydrogen-bond donors (Lipinski definition) is 2. The van der Waals surface area contributed by atoms with E-state index in [0.29, 0.717) is 24.1 Å². The number of nitrogens with one attached hydrogen (secondary N) is 2. The number of aryl methyl sites for hydroxylation is 1. The lowest BCUT2D eigenvalue weighted by Crippen LogP contribution is -2.45. The number of nitrogens with zero attached hydrogens (tertiary/aromatic N) is 2. The maximum absolute atomic E-state index is 14.1. The molecule has 4 rings (SSSR count). The van der Waals surface area contributed by atoms with Crippen LogP contribution < -0.4 is 15.4 Å². The van der Waals surface area contributed by atoms with Gasteiger partial charge in [-0.25, -0.2) is 9.07 Å². The fraction of sp³-hybridized carbons (Fsp3) is 0.429. The molecule has 1 amide bonds. The summed E-state index contributed by atoms with van der Waals surface area (Å²) in [5.41, 5.74) is 2.24. The lowest BCUT2D eigenvalue weighted by atomic mass is 9.84. The van der Waals surface area contributed by atoms with E-state index in [-0.39, 0.29) is 23.2 Å². The highest BCUT2D eigenvalue weighted by atomic mass is 19.1. The summed E-state index contributed by atoms with van der Waals surface area (Å²) in [5.74, 6) is 0.260. The van der Waals surface area contributed by atoms with Crippen LogP contribution in [0.1, 0.15) is 80.2 Å². The van der Waals surface area contributed by atoms with Crippen molar-refractivity contribution < 1.29 is 13.9 Å². The minimum absolute atomic E-state index is 0.0600. The van der Waals surface area contributed by atoms with E-state index >= 15 is 0 Å². The second-order valence-corrected chi connectivity index (χ2v) is 9.94. The van der Waals surface area contributed by atoms with Crippen LogP contribution in [-0.4, -0.2) is 22.8 Å². The molecule has 0 saturated carbocycles. The summed E-state index contributed by atoms with van der Waals surface area (Å²) >= 11 is 0. The number of aromatic nitrogens is 2. The number of fused-ring (bicyclic) bond motifs is 1. The maximum atomic E-state index is 14.1. The first-order valence-corrected chi connectivity index (χ1v) is 12.2. The summed E-state index contributed by atoms with van der Waals surface area (Å²) < 4.78 is 21.3. The first-order valence-electron chi connectivity index (χ1n) is 12.2. The smallest absolute Gasteiger partial charge is 0.257 e. The quantitative estimate of drug-likeness (QED) is 0.432. The Morgan fingerprint density at radius 2 is 1.91 bits per heavy atom. The van der Waals surface area contributed by atoms with Crippen LogP contribution in [0, 0.1) is 12.7 Å². The number of ether oxygens (including phenoxy) is 1. The molecule has 0 saturated heterocycles. The van der Waals surface area contributed by atoms with Gasteiger partial charge in [-0.3, -0.25) is 4.79 Å². The monoisotopic (exact) mass is 478 g/mol. The van der Waals surface area contributed by atoms with E-state index in [1.807, 2.05) is 43.7 Å². The molecule has 0 unspecified atom stereocenters. The van der Waals surface area contributed by atoms with Crippen molar-refractivity contribution in [3.05, 3.63) is 76.7 Å². The summed E-state index contributed by atoms with van der Waals surface area (Å²) in [7, 11) is 1.44. The number of methoxy groups -OCH3 is 1. The van der Waals surface area contributed by atoms with Crippen molar-refractivity contribution in [1.29, 1.82) is 0 Å². The Kier molecular flexibility index (Phi) is 6.62. The van der Waals surface area contributed by atoms with Gasteiger partial charge in [0.1, 0.15) is 11.4 Å². The Hall–Kier alpha value is -3.35. The Balaban J connectivity index is 1.73. The molecule has 1 aromatic heterocycles. The van der Waals surface area contributed by atoms with E-state index in [1.165, 1.54) is 18.7 Å². The van der Waals surface area contributed by atoms with Gasteiger partial charge in [-0.1, -0.05) is 50.2 Å². The van der Waals surface area contributed by atoms with E-state index in [2.05, 4.69) is 36.6 Å². The van der Waals surface area contributed by atoms with Gasteiger partial charge in [0, 0.05) is 0 Å². The number of carbonyl (C=O) groups is 1. The second kappa shape index (κ2) is 9.36. The Bertz CT molecular complexity index is 1220.